The lowest BCUT2D eigenvalue weighted by Gasteiger charge is -2.57. The minimum atomic E-state index is -0.196. The molecule has 0 amide bonds. The Balaban J connectivity index is 0.945. The van der Waals surface area contributed by atoms with E-state index >= 15 is 0 Å². The number of benzene rings is 7. The maximum atomic E-state index is 2.48. The average Bonchev–Trinajstić information content (AvgIpc) is 3.47. The molecule has 0 radical (unpaired) electrons. The minimum absolute atomic E-state index is 0.196. The summed E-state index contributed by atoms with van der Waals surface area (Å²) in [6.07, 6.45) is 8.68. The fraction of sp³-hybridized carbons (Fsp3) is 0.236. The second-order valence-corrected chi connectivity index (χ2v) is 18.1. The second-order valence-electron chi connectivity index (χ2n) is 18.1. The molecule has 0 aliphatic heterocycles. The van der Waals surface area contributed by atoms with Gasteiger partial charge in [0.05, 0.1) is 0 Å². The first-order valence-electron chi connectivity index (χ1n) is 21.2. The van der Waals surface area contributed by atoms with Crippen molar-refractivity contribution in [3.63, 3.8) is 0 Å². The van der Waals surface area contributed by atoms with Gasteiger partial charge in [-0.2, -0.15) is 0 Å². The van der Waals surface area contributed by atoms with Crippen LogP contribution in [-0.4, -0.2) is 0 Å². The van der Waals surface area contributed by atoms with Crippen molar-refractivity contribution in [2.75, 3.05) is 9.80 Å². The monoisotopic (exact) mass is 738 g/mol. The maximum absolute atomic E-state index is 2.48. The average molecular weight is 739 g/mol. The van der Waals surface area contributed by atoms with Crippen molar-refractivity contribution in [3.05, 3.63) is 193 Å². The molecule has 4 saturated carbocycles. The van der Waals surface area contributed by atoms with E-state index in [-0.39, 0.29) is 5.41 Å². The molecule has 7 aromatic carbocycles. The van der Waals surface area contributed by atoms with E-state index in [1.165, 1.54) is 89.0 Å². The Labute approximate surface area is 338 Å². The molecule has 0 atom stereocenters. The molecule has 0 heterocycles. The molecule has 2 heteroatoms. The third-order valence-corrected chi connectivity index (χ3v) is 14.2. The molecule has 0 N–H and O–H groups in total. The molecule has 5 aliphatic carbocycles. The summed E-state index contributed by atoms with van der Waals surface area (Å²) in [5.41, 5.74) is 16.7. The van der Waals surface area contributed by atoms with Crippen molar-refractivity contribution in [3.8, 4) is 22.3 Å². The highest BCUT2D eigenvalue weighted by Gasteiger charge is 2.51. The lowest BCUT2D eigenvalue weighted by Crippen LogP contribution is -2.48. The van der Waals surface area contributed by atoms with Crippen LogP contribution in [-0.2, 0) is 10.8 Å². The zero-order valence-electron chi connectivity index (χ0n) is 33.1. The van der Waals surface area contributed by atoms with Crippen molar-refractivity contribution in [1.29, 1.82) is 0 Å². The summed E-state index contributed by atoms with van der Waals surface area (Å²) < 4.78 is 0. The van der Waals surface area contributed by atoms with E-state index in [2.05, 4.69) is 200 Å². The lowest BCUT2D eigenvalue weighted by atomic mass is 9.48. The van der Waals surface area contributed by atoms with Crippen LogP contribution >= 0.6 is 0 Å². The van der Waals surface area contributed by atoms with Crippen molar-refractivity contribution < 1.29 is 0 Å². The quantitative estimate of drug-likeness (QED) is 0.153. The molecule has 0 unspecified atom stereocenters. The number of anilines is 6. The molecule has 12 rings (SSSR count). The van der Waals surface area contributed by atoms with Gasteiger partial charge in [-0.15, -0.1) is 0 Å². The summed E-state index contributed by atoms with van der Waals surface area (Å²) in [7, 11) is 0. The minimum Gasteiger partial charge on any atom is -0.310 e. The van der Waals surface area contributed by atoms with Gasteiger partial charge in [-0.25, -0.2) is 0 Å². The van der Waals surface area contributed by atoms with E-state index in [1.807, 2.05) is 0 Å². The largest absolute Gasteiger partial charge is 0.310 e. The third kappa shape index (κ3) is 5.83. The Hall–Kier alpha value is -5.86. The summed E-state index contributed by atoms with van der Waals surface area (Å²) >= 11 is 0. The summed E-state index contributed by atoms with van der Waals surface area (Å²) in [6, 6.07) is 65.4. The van der Waals surface area contributed by atoms with Gasteiger partial charge in [0, 0.05) is 39.5 Å². The first-order chi connectivity index (χ1) is 27.9. The molecule has 2 nitrogen and oxygen atoms in total. The SMILES string of the molecule is CC1(C)c2cc(N(c3ccccc3)c3ccccc3)ccc2-c2ccc(N(c3ccccc3)c3cccc(-c4ccc(C56CC7CC(CC(C7)C5)C6)cc4)c3)cc21. The summed E-state index contributed by atoms with van der Waals surface area (Å²) in [5, 5.41) is 0. The third-order valence-electron chi connectivity index (χ3n) is 14.2. The smallest absolute Gasteiger partial charge is 0.0467 e. The number of rotatable bonds is 8. The highest BCUT2D eigenvalue weighted by Crippen LogP contribution is 2.61. The van der Waals surface area contributed by atoms with Crippen molar-refractivity contribution in [2.24, 2.45) is 17.8 Å². The highest BCUT2D eigenvalue weighted by atomic mass is 15.1. The van der Waals surface area contributed by atoms with Crippen LogP contribution in [0.25, 0.3) is 22.3 Å². The Morgan fingerprint density at radius 3 is 1.28 bits per heavy atom. The molecule has 4 bridgehead atoms. The van der Waals surface area contributed by atoms with E-state index in [1.54, 1.807) is 5.56 Å². The first kappa shape index (κ1) is 34.4. The van der Waals surface area contributed by atoms with E-state index < -0.39 is 0 Å². The number of para-hydroxylation sites is 3. The van der Waals surface area contributed by atoms with Crippen LogP contribution in [0.2, 0.25) is 0 Å². The van der Waals surface area contributed by atoms with Gasteiger partial charge in [0.25, 0.3) is 0 Å². The fourth-order valence-corrected chi connectivity index (χ4v) is 11.9. The second kappa shape index (κ2) is 13.4. The molecule has 7 aromatic rings. The molecule has 0 aromatic heterocycles. The van der Waals surface area contributed by atoms with Gasteiger partial charge in [0.1, 0.15) is 0 Å². The Bertz CT molecular complexity index is 2500. The Kier molecular flexibility index (Phi) is 8.07. The zero-order chi connectivity index (χ0) is 38.1. The van der Waals surface area contributed by atoms with Gasteiger partial charge in [-0.3, -0.25) is 0 Å². The van der Waals surface area contributed by atoms with Crippen LogP contribution in [0.4, 0.5) is 34.1 Å². The first-order valence-corrected chi connectivity index (χ1v) is 21.2. The van der Waals surface area contributed by atoms with Gasteiger partial charge in [0.2, 0.25) is 0 Å². The standard InChI is InChI=1S/C55H50N2/c1-54(2)52-33-48(56(44-14-6-3-7-15-44)45-16-8-4-9-17-45)25-27-50(52)51-28-26-49(34-53(51)54)57(46-18-10-5-11-19-46)47-20-12-13-42(32-47)41-21-23-43(24-22-41)55-35-38-29-39(36-55)31-40(30-38)37-55/h3-28,32-34,38-40H,29-31,35-37H2,1-2H3. The van der Waals surface area contributed by atoms with Gasteiger partial charge in [-0.05, 0) is 173 Å². The maximum Gasteiger partial charge on any atom is 0.0467 e. The molecule has 57 heavy (non-hydrogen) atoms. The molecule has 0 saturated heterocycles. The van der Waals surface area contributed by atoms with E-state index in [0.29, 0.717) is 5.41 Å². The number of nitrogens with zero attached hydrogens (tertiary/aromatic N) is 2. The van der Waals surface area contributed by atoms with Crippen LogP contribution < -0.4 is 9.80 Å². The van der Waals surface area contributed by atoms with E-state index in [0.717, 1.165) is 34.8 Å². The van der Waals surface area contributed by atoms with Gasteiger partial charge < -0.3 is 9.80 Å². The zero-order valence-corrected chi connectivity index (χ0v) is 33.1. The van der Waals surface area contributed by atoms with Crippen molar-refractivity contribution in [2.45, 2.75) is 63.2 Å². The summed E-state index contributed by atoms with van der Waals surface area (Å²) in [5.74, 6) is 2.87. The van der Waals surface area contributed by atoms with Crippen LogP contribution in [0.5, 0.6) is 0 Å². The molecule has 4 fully saturated rings. The predicted molar refractivity (Wildman–Crippen MR) is 239 cm³/mol. The Morgan fingerprint density at radius 1 is 0.386 bits per heavy atom. The molecule has 280 valence electrons. The van der Waals surface area contributed by atoms with Crippen LogP contribution in [0.1, 0.15) is 69.1 Å². The van der Waals surface area contributed by atoms with Gasteiger partial charge in [0.15, 0.2) is 0 Å². The number of fused-ring (bicyclic) bond motifs is 3. The molecule has 5 aliphatic rings. The molecular weight excluding hydrogens is 689 g/mol. The van der Waals surface area contributed by atoms with Gasteiger partial charge in [-0.1, -0.05) is 117 Å². The number of hydrogen-bond acceptors (Lipinski definition) is 2. The van der Waals surface area contributed by atoms with Crippen molar-refractivity contribution in [1.82, 2.24) is 0 Å². The number of hydrogen-bond donors (Lipinski definition) is 0. The summed E-state index contributed by atoms with van der Waals surface area (Å²) in [4.78, 5) is 4.80. The van der Waals surface area contributed by atoms with Crippen LogP contribution in [0.3, 0.4) is 0 Å². The fourth-order valence-electron chi connectivity index (χ4n) is 11.9. The molecular formula is C55H50N2. The van der Waals surface area contributed by atoms with E-state index in [4.69, 9.17) is 0 Å². The van der Waals surface area contributed by atoms with Crippen molar-refractivity contribution >= 4 is 34.1 Å². The Morgan fingerprint density at radius 2 is 0.807 bits per heavy atom. The van der Waals surface area contributed by atoms with Crippen LogP contribution in [0, 0.1) is 17.8 Å². The lowest BCUT2D eigenvalue weighted by molar-refractivity contribution is -0.00518. The van der Waals surface area contributed by atoms with Gasteiger partial charge >= 0.3 is 0 Å². The predicted octanol–water partition coefficient (Wildman–Crippen LogP) is 15.1. The topological polar surface area (TPSA) is 6.48 Å². The molecule has 0 spiro atoms. The normalized spacial score (nSPS) is 22.2. The summed E-state index contributed by atoms with van der Waals surface area (Å²) in [6.45, 7) is 4.78. The van der Waals surface area contributed by atoms with Crippen LogP contribution in [0.15, 0.2) is 176 Å². The van der Waals surface area contributed by atoms with E-state index in [9.17, 15) is 0 Å². The highest BCUT2D eigenvalue weighted by molar-refractivity contribution is 5.88.